The van der Waals surface area contributed by atoms with Crippen LogP contribution in [0.1, 0.15) is 66.1 Å². The van der Waals surface area contributed by atoms with Crippen LogP contribution in [0.3, 0.4) is 0 Å². The molecule has 1 saturated carbocycles. The van der Waals surface area contributed by atoms with Gasteiger partial charge in [0.1, 0.15) is 0 Å². The van der Waals surface area contributed by atoms with E-state index in [1.54, 1.807) is 54.3 Å². The Bertz CT molecular complexity index is 1360. The molecule has 2 amide bonds. The molecule has 6 N–H and O–H groups in total. The van der Waals surface area contributed by atoms with Gasteiger partial charge < -0.3 is 21.2 Å². The van der Waals surface area contributed by atoms with Gasteiger partial charge >= 0.3 is 0 Å². The van der Waals surface area contributed by atoms with Gasteiger partial charge in [-0.05, 0) is 49.1 Å². The summed E-state index contributed by atoms with van der Waals surface area (Å²) in [7, 11) is -3.58. The molecule has 2 aromatic carbocycles. The van der Waals surface area contributed by atoms with Crippen LogP contribution < -0.4 is 21.3 Å². The topological polar surface area (TPSA) is 154 Å². The van der Waals surface area contributed by atoms with E-state index >= 15 is 0 Å². The first kappa shape index (κ1) is 30.7. The van der Waals surface area contributed by atoms with Crippen molar-refractivity contribution in [2.75, 3.05) is 12.8 Å². The van der Waals surface area contributed by atoms with Crippen molar-refractivity contribution < 1.29 is 23.2 Å². The van der Waals surface area contributed by atoms with E-state index in [9.17, 15) is 18.0 Å². The highest BCUT2D eigenvalue weighted by Crippen LogP contribution is 2.47. The molecule has 0 aromatic heterocycles. The van der Waals surface area contributed by atoms with Gasteiger partial charge in [-0.15, -0.1) is 0 Å². The minimum atomic E-state index is -3.58. The number of carbonyl (C=O) groups is 2. The summed E-state index contributed by atoms with van der Waals surface area (Å²) in [6, 6.07) is 8.79. The molecular formula is C27H35Cl2N5O5S. The molecule has 13 heteroatoms. The molecule has 6 atom stereocenters. The Morgan fingerprint density at radius 1 is 1.15 bits per heavy atom. The average Bonchev–Trinajstić information content (AvgIpc) is 2.88. The molecule has 2 aliphatic rings. The Balaban J connectivity index is 1.89. The zero-order chi connectivity index (χ0) is 29.2. The number of nitrogens with two attached hydrogens (primary N) is 1. The lowest BCUT2D eigenvalue weighted by atomic mass is 9.76. The summed E-state index contributed by atoms with van der Waals surface area (Å²) in [6.07, 6.45) is 3.77. The summed E-state index contributed by atoms with van der Waals surface area (Å²) in [5, 5.41) is 12.7. The predicted molar refractivity (Wildman–Crippen MR) is 154 cm³/mol. The summed E-state index contributed by atoms with van der Waals surface area (Å²) in [5.74, 6) is -1.59. The fourth-order valence-corrected chi connectivity index (χ4v) is 7.18. The molecule has 2 unspecified atom stereocenters. The normalized spacial score (nSPS) is 24.8. The van der Waals surface area contributed by atoms with Crippen molar-refractivity contribution in [3.05, 3.63) is 69.2 Å². The number of rotatable bonds is 9. The van der Waals surface area contributed by atoms with Gasteiger partial charge in [0.05, 0.1) is 18.2 Å². The van der Waals surface area contributed by atoms with Crippen molar-refractivity contribution in [2.45, 2.75) is 68.7 Å². The van der Waals surface area contributed by atoms with Crippen molar-refractivity contribution >= 4 is 45.0 Å². The van der Waals surface area contributed by atoms with Crippen LogP contribution in [0.5, 0.6) is 0 Å². The van der Waals surface area contributed by atoms with Crippen LogP contribution in [0.2, 0.25) is 10.0 Å². The summed E-state index contributed by atoms with van der Waals surface area (Å²) in [5.41, 5.74) is 9.57. The molecule has 218 valence electrons. The second-order valence-corrected chi connectivity index (χ2v) is 13.2. The van der Waals surface area contributed by atoms with Crippen LogP contribution in [0.15, 0.2) is 42.5 Å². The molecular weight excluding hydrogens is 577 g/mol. The number of nitrogens with zero attached hydrogens (tertiary/aromatic N) is 1. The van der Waals surface area contributed by atoms with E-state index in [0.29, 0.717) is 34.6 Å². The molecule has 10 nitrogen and oxygen atoms in total. The van der Waals surface area contributed by atoms with Crippen LogP contribution >= 0.6 is 23.2 Å². The molecule has 1 fully saturated rings. The Morgan fingerprint density at radius 2 is 1.85 bits per heavy atom. The maximum Gasteiger partial charge on any atom is 0.255 e. The number of carbonyl (C=O) groups excluding carboxylic acids is 2. The third kappa shape index (κ3) is 6.62. The fourth-order valence-electron chi connectivity index (χ4n) is 5.83. The number of fused-ring (bicyclic) bond motifs is 1. The Kier molecular flexibility index (Phi) is 9.77. The molecule has 0 saturated heterocycles. The number of halogens is 2. The number of hydroxylamine groups is 1. The Labute approximate surface area is 244 Å². The molecule has 40 heavy (non-hydrogen) atoms. The fraction of sp³-hybridized carbons (Fsp3) is 0.481. The second-order valence-electron chi connectivity index (χ2n) is 10.6. The largest absolute Gasteiger partial charge is 0.351 e. The first-order valence-electron chi connectivity index (χ1n) is 13.2. The number of benzene rings is 2. The summed E-state index contributed by atoms with van der Waals surface area (Å²) in [4.78, 5) is 30.0. The van der Waals surface area contributed by atoms with Gasteiger partial charge in [-0.2, -0.15) is 0 Å². The van der Waals surface area contributed by atoms with Crippen molar-refractivity contribution in [1.29, 1.82) is 0 Å². The number of hydrogen-bond acceptors (Lipinski definition) is 7. The van der Waals surface area contributed by atoms with Crippen LogP contribution in [0.4, 0.5) is 0 Å². The van der Waals surface area contributed by atoms with Crippen molar-refractivity contribution in [3.63, 3.8) is 0 Å². The highest BCUT2D eigenvalue weighted by atomic mass is 35.5. The molecule has 0 spiro atoms. The standard InChI is InChI=1S/C27H35Cl2N5O5S/c1-15(21(30)14-31-37)32-26(35)24-17-7-3-4-8-18(17)27(36)34(25(24)19-12-11-16(28)13-20(19)29)23-10-6-5-9-22(23)33-40(2,38)39/h3-4,7-8,11-13,15,21-25,31,33,37H,5-6,9-10,14,30H2,1-2H3,(H,32,35)/t15?,21?,22-,23-,24+,25-/m0/s1. The SMILES string of the molecule is CC(NC(=O)[C@@H]1c2ccccc2C(=O)N([C@H]2CCCC[C@@H]2NS(C)(=O)=O)[C@H]1c1ccc(Cl)cc1Cl)C(N)CNO. The molecule has 1 aliphatic heterocycles. The second kappa shape index (κ2) is 12.7. The van der Waals surface area contributed by atoms with Crippen molar-refractivity contribution in [3.8, 4) is 0 Å². The highest BCUT2D eigenvalue weighted by Gasteiger charge is 2.49. The molecule has 1 heterocycles. The van der Waals surface area contributed by atoms with Gasteiger partial charge in [-0.3, -0.25) is 9.59 Å². The molecule has 1 aliphatic carbocycles. The average molecular weight is 613 g/mol. The number of amides is 2. The van der Waals surface area contributed by atoms with Crippen LogP contribution in [-0.4, -0.2) is 67.3 Å². The molecule has 0 bridgehead atoms. The Hall–Kier alpha value is -2.25. The monoisotopic (exact) mass is 611 g/mol. The number of sulfonamides is 1. The highest BCUT2D eigenvalue weighted by molar-refractivity contribution is 7.88. The zero-order valence-corrected chi connectivity index (χ0v) is 24.6. The summed E-state index contributed by atoms with van der Waals surface area (Å²) in [6.45, 7) is 1.79. The van der Waals surface area contributed by atoms with E-state index in [1.807, 2.05) is 5.48 Å². The maximum atomic E-state index is 14.3. The summed E-state index contributed by atoms with van der Waals surface area (Å²) < 4.78 is 27.4. The third-order valence-electron chi connectivity index (χ3n) is 7.73. The van der Waals surface area contributed by atoms with Crippen molar-refractivity contribution in [2.24, 2.45) is 5.73 Å². The first-order chi connectivity index (χ1) is 18.9. The maximum absolute atomic E-state index is 14.3. The molecule has 4 rings (SSSR count). The lowest BCUT2D eigenvalue weighted by Gasteiger charge is -2.49. The van der Waals surface area contributed by atoms with Crippen LogP contribution in [0, 0.1) is 0 Å². The van der Waals surface area contributed by atoms with Crippen LogP contribution in [-0.2, 0) is 14.8 Å². The third-order valence-corrected chi connectivity index (χ3v) is 9.02. The smallest absolute Gasteiger partial charge is 0.255 e. The molecule has 2 aromatic rings. The van der Waals surface area contributed by atoms with Crippen LogP contribution in [0.25, 0.3) is 0 Å². The number of hydrogen-bond donors (Lipinski definition) is 5. The first-order valence-corrected chi connectivity index (χ1v) is 15.8. The zero-order valence-electron chi connectivity index (χ0n) is 22.3. The minimum absolute atomic E-state index is 0.0562. The number of nitrogens with one attached hydrogen (secondary N) is 3. The molecule has 0 radical (unpaired) electrons. The van der Waals surface area contributed by atoms with E-state index in [0.717, 1.165) is 19.1 Å². The quantitative estimate of drug-likeness (QED) is 0.273. The van der Waals surface area contributed by atoms with Crippen molar-refractivity contribution in [1.82, 2.24) is 20.4 Å². The van der Waals surface area contributed by atoms with E-state index < -0.39 is 46.2 Å². The minimum Gasteiger partial charge on any atom is -0.351 e. The van der Waals surface area contributed by atoms with E-state index in [1.165, 1.54) is 0 Å². The van der Waals surface area contributed by atoms with Gasteiger partial charge in [0.2, 0.25) is 15.9 Å². The van der Waals surface area contributed by atoms with E-state index in [2.05, 4.69) is 10.0 Å². The predicted octanol–water partition coefficient (Wildman–Crippen LogP) is 2.95. The van der Waals surface area contributed by atoms with E-state index in [-0.39, 0.29) is 23.4 Å². The van der Waals surface area contributed by atoms with E-state index in [4.69, 9.17) is 34.1 Å². The Morgan fingerprint density at radius 3 is 2.52 bits per heavy atom. The lowest BCUT2D eigenvalue weighted by molar-refractivity contribution is -0.125. The lowest BCUT2D eigenvalue weighted by Crippen LogP contribution is -2.60. The van der Waals surface area contributed by atoms with Gasteiger partial charge in [0, 0.05) is 46.3 Å². The van der Waals surface area contributed by atoms with Gasteiger partial charge in [0.25, 0.3) is 5.91 Å². The summed E-state index contributed by atoms with van der Waals surface area (Å²) >= 11 is 12.9. The van der Waals surface area contributed by atoms with Gasteiger partial charge in [-0.25, -0.2) is 18.6 Å². The van der Waals surface area contributed by atoms with Gasteiger partial charge in [-0.1, -0.05) is 60.3 Å². The van der Waals surface area contributed by atoms with Gasteiger partial charge in [0.15, 0.2) is 0 Å².